The van der Waals surface area contributed by atoms with Gasteiger partial charge in [0.1, 0.15) is 0 Å². The summed E-state index contributed by atoms with van der Waals surface area (Å²) in [6.07, 6.45) is 0.794. The van der Waals surface area contributed by atoms with E-state index >= 15 is 0 Å². The Balaban J connectivity index is 2.06. The van der Waals surface area contributed by atoms with Crippen LogP contribution in [0.25, 0.3) is 0 Å². The Morgan fingerprint density at radius 3 is 2.93 bits per heavy atom. The van der Waals surface area contributed by atoms with Crippen LogP contribution in [0.4, 0.5) is 0 Å². The SMILES string of the molecule is Cc1cscc1CN1CCC(N)C1=O. The minimum Gasteiger partial charge on any atom is -0.337 e. The topological polar surface area (TPSA) is 46.3 Å². The van der Waals surface area contributed by atoms with E-state index in [-0.39, 0.29) is 11.9 Å². The summed E-state index contributed by atoms with van der Waals surface area (Å²) in [5, 5.41) is 4.21. The van der Waals surface area contributed by atoms with Crippen molar-refractivity contribution in [2.24, 2.45) is 5.73 Å². The molecule has 1 unspecified atom stereocenters. The molecule has 4 heteroatoms. The average molecular weight is 210 g/mol. The van der Waals surface area contributed by atoms with Crippen molar-refractivity contribution in [3.8, 4) is 0 Å². The lowest BCUT2D eigenvalue weighted by atomic mass is 10.2. The molecule has 0 radical (unpaired) electrons. The van der Waals surface area contributed by atoms with Gasteiger partial charge in [-0.25, -0.2) is 0 Å². The molecule has 76 valence electrons. The van der Waals surface area contributed by atoms with Crippen LogP contribution in [0.3, 0.4) is 0 Å². The third kappa shape index (κ3) is 1.67. The number of nitrogens with two attached hydrogens (primary N) is 1. The zero-order valence-corrected chi connectivity index (χ0v) is 9.01. The molecule has 1 aromatic rings. The van der Waals surface area contributed by atoms with Crippen LogP contribution in [0, 0.1) is 6.92 Å². The summed E-state index contributed by atoms with van der Waals surface area (Å²) in [4.78, 5) is 13.4. The van der Waals surface area contributed by atoms with E-state index < -0.39 is 0 Å². The van der Waals surface area contributed by atoms with Crippen LogP contribution in [-0.2, 0) is 11.3 Å². The molecular weight excluding hydrogens is 196 g/mol. The van der Waals surface area contributed by atoms with Crippen molar-refractivity contribution in [1.29, 1.82) is 0 Å². The zero-order chi connectivity index (χ0) is 10.1. The van der Waals surface area contributed by atoms with Gasteiger partial charge in [-0.3, -0.25) is 4.79 Å². The van der Waals surface area contributed by atoms with Gasteiger partial charge in [-0.2, -0.15) is 11.3 Å². The molecule has 2 N–H and O–H groups in total. The molecule has 0 saturated carbocycles. The van der Waals surface area contributed by atoms with E-state index in [0.29, 0.717) is 0 Å². The first-order chi connectivity index (χ1) is 6.68. The molecule has 1 fully saturated rings. The van der Waals surface area contributed by atoms with Gasteiger partial charge in [-0.15, -0.1) is 0 Å². The highest BCUT2D eigenvalue weighted by Gasteiger charge is 2.28. The summed E-state index contributed by atoms with van der Waals surface area (Å²) in [5.41, 5.74) is 8.16. The van der Waals surface area contributed by atoms with Gasteiger partial charge in [0.15, 0.2) is 0 Å². The third-order valence-corrected chi connectivity index (χ3v) is 3.57. The van der Waals surface area contributed by atoms with Gasteiger partial charge in [0.05, 0.1) is 6.04 Å². The van der Waals surface area contributed by atoms with Crippen LogP contribution in [0.2, 0.25) is 0 Å². The average Bonchev–Trinajstić information content (AvgIpc) is 2.68. The van der Waals surface area contributed by atoms with Crippen LogP contribution in [0.15, 0.2) is 10.8 Å². The second kappa shape index (κ2) is 3.71. The van der Waals surface area contributed by atoms with Crippen molar-refractivity contribution in [3.05, 3.63) is 21.9 Å². The molecule has 1 aliphatic heterocycles. The smallest absolute Gasteiger partial charge is 0.239 e. The highest BCUT2D eigenvalue weighted by molar-refractivity contribution is 7.08. The second-order valence-electron chi connectivity index (χ2n) is 3.73. The van der Waals surface area contributed by atoms with Crippen molar-refractivity contribution in [3.63, 3.8) is 0 Å². The van der Waals surface area contributed by atoms with E-state index in [1.165, 1.54) is 11.1 Å². The first-order valence-electron chi connectivity index (χ1n) is 4.74. The first-order valence-corrected chi connectivity index (χ1v) is 5.69. The van der Waals surface area contributed by atoms with Gasteiger partial charge in [0.25, 0.3) is 0 Å². The largest absolute Gasteiger partial charge is 0.337 e. The normalized spacial score (nSPS) is 22.0. The lowest BCUT2D eigenvalue weighted by molar-refractivity contribution is -0.129. The minimum atomic E-state index is -0.269. The Hall–Kier alpha value is -0.870. The van der Waals surface area contributed by atoms with Gasteiger partial charge < -0.3 is 10.6 Å². The van der Waals surface area contributed by atoms with E-state index in [4.69, 9.17) is 5.73 Å². The van der Waals surface area contributed by atoms with E-state index in [2.05, 4.69) is 17.7 Å². The Morgan fingerprint density at radius 2 is 2.43 bits per heavy atom. The molecule has 14 heavy (non-hydrogen) atoms. The second-order valence-corrected chi connectivity index (χ2v) is 4.48. The molecule has 1 aliphatic rings. The van der Waals surface area contributed by atoms with Gasteiger partial charge in [-0.1, -0.05) is 0 Å². The van der Waals surface area contributed by atoms with Crippen molar-refractivity contribution in [2.45, 2.75) is 25.9 Å². The standard InChI is InChI=1S/C10H14N2OS/c1-7-5-14-6-8(7)4-12-3-2-9(11)10(12)13/h5-6,9H,2-4,11H2,1H3. The number of nitrogens with zero attached hydrogens (tertiary/aromatic N) is 1. The summed E-state index contributed by atoms with van der Waals surface area (Å²) < 4.78 is 0. The number of hydrogen-bond donors (Lipinski definition) is 1. The maximum absolute atomic E-state index is 11.5. The predicted molar refractivity (Wildman–Crippen MR) is 57.1 cm³/mol. The predicted octanol–water partition coefficient (Wildman–Crippen LogP) is 1.12. The summed E-state index contributed by atoms with van der Waals surface area (Å²) in [7, 11) is 0. The number of carbonyl (C=O) groups is 1. The van der Waals surface area contributed by atoms with Gasteiger partial charge >= 0.3 is 0 Å². The maximum atomic E-state index is 11.5. The van der Waals surface area contributed by atoms with Crippen LogP contribution >= 0.6 is 11.3 Å². The molecule has 2 heterocycles. The molecule has 1 atom stereocenters. The highest BCUT2D eigenvalue weighted by Crippen LogP contribution is 2.19. The Kier molecular flexibility index (Phi) is 2.56. The molecule has 1 saturated heterocycles. The lowest BCUT2D eigenvalue weighted by Gasteiger charge is -2.15. The fourth-order valence-electron chi connectivity index (χ4n) is 1.67. The van der Waals surface area contributed by atoms with E-state index in [0.717, 1.165) is 19.5 Å². The summed E-state index contributed by atoms with van der Waals surface area (Å²) >= 11 is 1.68. The number of likely N-dealkylation sites (tertiary alicyclic amines) is 1. The lowest BCUT2D eigenvalue weighted by Crippen LogP contribution is -2.33. The fourth-order valence-corrected chi connectivity index (χ4v) is 2.52. The third-order valence-electron chi connectivity index (χ3n) is 2.66. The number of aryl methyl sites for hydroxylation is 1. The van der Waals surface area contributed by atoms with Gasteiger partial charge in [0.2, 0.25) is 5.91 Å². The van der Waals surface area contributed by atoms with Crippen LogP contribution in [0.5, 0.6) is 0 Å². The fraction of sp³-hybridized carbons (Fsp3) is 0.500. The minimum absolute atomic E-state index is 0.0931. The van der Waals surface area contributed by atoms with Gasteiger partial charge in [-0.05, 0) is 35.2 Å². The Bertz CT molecular complexity index is 348. The Labute approximate surface area is 87.5 Å². The molecule has 0 bridgehead atoms. The number of amides is 1. The number of hydrogen-bond acceptors (Lipinski definition) is 3. The van der Waals surface area contributed by atoms with Crippen molar-refractivity contribution in [2.75, 3.05) is 6.54 Å². The highest BCUT2D eigenvalue weighted by atomic mass is 32.1. The molecule has 0 spiro atoms. The van der Waals surface area contributed by atoms with Crippen LogP contribution < -0.4 is 5.73 Å². The summed E-state index contributed by atoms with van der Waals surface area (Å²) in [6.45, 7) is 3.60. The van der Waals surface area contributed by atoms with E-state index in [9.17, 15) is 4.79 Å². The molecule has 3 nitrogen and oxygen atoms in total. The first kappa shape index (κ1) is 9.68. The van der Waals surface area contributed by atoms with Crippen LogP contribution in [0.1, 0.15) is 17.5 Å². The molecule has 2 rings (SSSR count). The summed E-state index contributed by atoms with van der Waals surface area (Å²) in [6, 6.07) is -0.269. The monoisotopic (exact) mass is 210 g/mol. The van der Waals surface area contributed by atoms with Crippen LogP contribution in [-0.4, -0.2) is 23.4 Å². The van der Waals surface area contributed by atoms with E-state index in [1.54, 1.807) is 11.3 Å². The van der Waals surface area contributed by atoms with Crippen molar-refractivity contribution < 1.29 is 4.79 Å². The molecule has 0 aromatic carbocycles. The van der Waals surface area contributed by atoms with Crippen molar-refractivity contribution in [1.82, 2.24) is 4.90 Å². The van der Waals surface area contributed by atoms with E-state index in [1.807, 2.05) is 4.90 Å². The number of rotatable bonds is 2. The zero-order valence-electron chi connectivity index (χ0n) is 8.19. The molecule has 1 amide bonds. The van der Waals surface area contributed by atoms with Crippen molar-refractivity contribution >= 4 is 17.2 Å². The number of thiophene rings is 1. The van der Waals surface area contributed by atoms with Gasteiger partial charge in [0, 0.05) is 13.1 Å². The molecular formula is C10H14N2OS. The summed E-state index contributed by atoms with van der Waals surface area (Å²) in [5.74, 6) is 0.0931. The quantitative estimate of drug-likeness (QED) is 0.795. The Morgan fingerprint density at radius 1 is 1.64 bits per heavy atom. The molecule has 0 aliphatic carbocycles. The number of carbonyl (C=O) groups excluding carboxylic acids is 1. The maximum Gasteiger partial charge on any atom is 0.239 e. The molecule has 1 aromatic heterocycles.